The third-order valence-corrected chi connectivity index (χ3v) is 6.53. The monoisotopic (exact) mass is 461 g/mol. The number of hydrogen-bond donors (Lipinski definition) is 0. The fraction of sp³-hybridized carbons (Fsp3) is 0.414. The number of benzene rings is 2. The zero-order valence-electron chi connectivity index (χ0n) is 20.2. The van der Waals surface area contributed by atoms with E-state index in [0.717, 1.165) is 36.3 Å². The lowest BCUT2D eigenvalue weighted by Crippen LogP contribution is -2.39. The second kappa shape index (κ2) is 12.4. The quantitative estimate of drug-likeness (QED) is 0.300. The Morgan fingerprint density at radius 2 is 1.82 bits per heavy atom. The average molecular weight is 462 g/mol. The molecule has 1 unspecified atom stereocenters. The van der Waals surface area contributed by atoms with Crippen LogP contribution >= 0.6 is 0 Å². The van der Waals surface area contributed by atoms with Crippen molar-refractivity contribution in [3.05, 3.63) is 71.8 Å². The molecule has 1 aliphatic heterocycles. The summed E-state index contributed by atoms with van der Waals surface area (Å²) in [7, 11) is 0. The minimum atomic E-state index is -0.678. The van der Waals surface area contributed by atoms with Gasteiger partial charge in [-0.3, -0.25) is 19.3 Å². The summed E-state index contributed by atoms with van der Waals surface area (Å²) in [6.45, 7) is 5.67. The third kappa shape index (κ3) is 7.49. The van der Waals surface area contributed by atoms with Gasteiger partial charge < -0.3 is 4.74 Å². The highest BCUT2D eigenvalue weighted by atomic mass is 16.5. The number of allylic oxidation sites excluding steroid dienone is 1. The van der Waals surface area contributed by atoms with Crippen molar-refractivity contribution in [3.8, 4) is 5.75 Å². The highest BCUT2D eigenvalue weighted by Crippen LogP contribution is 2.26. The van der Waals surface area contributed by atoms with E-state index >= 15 is 0 Å². The molecule has 0 N–H and O–H groups in total. The molecule has 34 heavy (non-hydrogen) atoms. The van der Waals surface area contributed by atoms with Crippen LogP contribution in [0, 0.1) is 5.41 Å². The van der Waals surface area contributed by atoms with Crippen molar-refractivity contribution >= 4 is 23.9 Å². The zero-order valence-corrected chi connectivity index (χ0v) is 20.2. The summed E-state index contributed by atoms with van der Waals surface area (Å²) in [5, 5.41) is 0. The number of likely N-dealkylation sites (tertiary alicyclic amines) is 1. The fourth-order valence-corrected chi connectivity index (χ4v) is 4.19. The summed E-state index contributed by atoms with van der Waals surface area (Å²) < 4.78 is 5.82. The number of nitrogens with zero attached hydrogens (tertiary/aromatic N) is 1. The summed E-state index contributed by atoms with van der Waals surface area (Å²) in [4.78, 5) is 37.6. The molecule has 5 heteroatoms. The SMILES string of the molecule is CC(C)(CCN1CCCC1C(=O)CCC=Cc1ccc(OCc2ccccc2)cc1)C(=O)C=O. The van der Waals surface area contributed by atoms with Crippen LogP contribution in [0.15, 0.2) is 60.7 Å². The van der Waals surface area contributed by atoms with Crippen LogP contribution in [0.2, 0.25) is 0 Å². The molecule has 1 atom stereocenters. The van der Waals surface area contributed by atoms with Gasteiger partial charge in [0, 0.05) is 11.8 Å². The molecule has 1 heterocycles. The number of ether oxygens (including phenoxy) is 1. The second-order valence-corrected chi connectivity index (χ2v) is 9.56. The van der Waals surface area contributed by atoms with Gasteiger partial charge in [-0.05, 0) is 62.0 Å². The molecule has 0 radical (unpaired) electrons. The average Bonchev–Trinajstić information content (AvgIpc) is 3.34. The van der Waals surface area contributed by atoms with Crippen molar-refractivity contribution in [2.24, 2.45) is 5.41 Å². The number of hydrogen-bond acceptors (Lipinski definition) is 5. The molecular weight excluding hydrogens is 426 g/mol. The molecule has 2 aromatic rings. The maximum absolute atomic E-state index is 12.8. The summed E-state index contributed by atoms with van der Waals surface area (Å²) in [5.41, 5.74) is 1.53. The molecule has 1 fully saturated rings. The van der Waals surface area contributed by atoms with Gasteiger partial charge in [0.15, 0.2) is 6.29 Å². The molecule has 0 aliphatic carbocycles. The number of carbonyl (C=O) groups is 3. The van der Waals surface area contributed by atoms with E-state index in [1.54, 1.807) is 13.8 Å². The Morgan fingerprint density at radius 3 is 2.53 bits per heavy atom. The van der Waals surface area contributed by atoms with Crippen molar-refractivity contribution in [1.29, 1.82) is 0 Å². The summed E-state index contributed by atoms with van der Waals surface area (Å²) in [6.07, 6.45) is 8.14. The van der Waals surface area contributed by atoms with E-state index in [4.69, 9.17) is 4.74 Å². The van der Waals surface area contributed by atoms with Gasteiger partial charge >= 0.3 is 0 Å². The first kappa shape index (κ1) is 25.6. The summed E-state index contributed by atoms with van der Waals surface area (Å²) in [5.74, 6) is 0.706. The third-order valence-electron chi connectivity index (χ3n) is 6.53. The Bertz CT molecular complexity index is 979. The lowest BCUT2D eigenvalue weighted by Gasteiger charge is -2.27. The van der Waals surface area contributed by atoms with E-state index in [1.165, 1.54) is 0 Å². The highest BCUT2D eigenvalue weighted by Gasteiger charge is 2.33. The number of ketones is 2. The second-order valence-electron chi connectivity index (χ2n) is 9.56. The molecule has 0 amide bonds. The van der Waals surface area contributed by atoms with Gasteiger partial charge in [0.2, 0.25) is 5.78 Å². The highest BCUT2D eigenvalue weighted by molar-refractivity contribution is 6.27. The predicted octanol–water partition coefficient (Wildman–Crippen LogP) is 5.28. The molecule has 3 rings (SSSR count). The van der Waals surface area contributed by atoms with Gasteiger partial charge in [-0.2, -0.15) is 0 Å². The van der Waals surface area contributed by atoms with E-state index in [0.29, 0.717) is 38.7 Å². The van der Waals surface area contributed by atoms with Crippen LogP contribution in [-0.2, 0) is 21.0 Å². The number of aldehydes is 1. The van der Waals surface area contributed by atoms with E-state index in [2.05, 4.69) is 4.90 Å². The fourth-order valence-electron chi connectivity index (χ4n) is 4.19. The smallest absolute Gasteiger partial charge is 0.200 e. The molecule has 0 aromatic heterocycles. The number of Topliss-reactive ketones (excluding diaryl/α,β-unsaturated/α-hetero) is 2. The van der Waals surface area contributed by atoms with Gasteiger partial charge in [0.25, 0.3) is 0 Å². The first-order chi connectivity index (χ1) is 16.4. The minimum Gasteiger partial charge on any atom is -0.489 e. The van der Waals surface area contributed by atoms with Gasteiger partial charge in [-0.25, -0.2) is 0 Å². The first-order valence-corrected chi connectivity index (χ1v) is 12.1. The predicted molar refractivity (Wildman–Crippen MR) is 135 cm³/mol. The normalized spacial score (nSPS) is 16.6. The van der Waals surface area contributed by atoms with Crippen LogP contribution in [0.1, 0.15) is 57.1 Å². The van der Waals surface area contributed by atoms with Crippen LogP contribution in [0.4, 0.5) is 0 Å². The van der Waals surface area contributed by atoms with Crippen LogP contribution in [0.3, 0.4) is 0 Å². The van der Waals surface area contributed by atoms with E-state index in [9.17, 15) is 14.4 Å². The maximum atomic E-state index is 12.8. The Kier molecular flexibility index (Phi) is 9.34. The van der Waals surface area contributed by atoms with Crippen LogP contribution in [0.25, 0.3) is 6.08 Å². The molecule has 1 saturated heterocycles. The minimum absolute atomic E-state index is 0.0726. The summed E-state index contributed by atoms with van der Waals surface area (Å²) >= 11 is 0. The number of carbonyl (C=O) groups excluding carboxylic acids is 3. The Balaban J connectivity index is 1.41. The van der Waals surface area contributed by atoms with Crippen LogP contribution < -0.4 is 4.74 Å². The van der Waals surface area contributed by atoms with Crippen molar-refractivity contribution in [1.82, 2.24) is 4.90 Å². The molecule has 180 valence electrons. The van der Waals surface area contributed by atoms with Crippen molar-refractivity contribution in [2.45, 2.75) is 58.6 Å². The van der Waals surface area contributed by atoms with Gasteiger partial charge in [0.1, 0.15) is 18.1 Å². The van der Waals surface area contributed by atoms with Crippen LogP contribution in [0.5, 0.6) is 5.75 Å². The topological polar surface area (TPSA) is 63.7 Å². The van der Waals surface area contributed by atoms with Crippen LogP contribution in [-0.4, -0.2) is 41.9 Å². The number of rotatable bonds is 13. The van der Waals surface area contributed by atoms with Crippen molar-refractivity contribution in [3.63, 3.8) is 0 Å². The maximum Gasteiger partial charge on any atom is 0.200 e. The van der Waals surface area contributed by atoms with Gasteiger partial charge in [0.05, 0.1) is 6.04 Å². The molecular formula is C29H35NO4. The molecule has 0 spiro atoms. The Hall–Kier alpha value is -3.05. The molecule has 0 bridgehead atoms. The van der Waals surface area contributed by atoms with Crippen molar-refractivity contribution < 1.29 is 19.1 Å². The van der Waals surface area contributed by atoms with E-state index in [-0.39, 0.29) is 17.6 Å². The Morgan fingerprint density at radius 1 is 1.09 bits per heavy atom. The molecule has 2 aromatic carbocycles. The molecule has 5 nitrogen and oxygen atoms in total. The standard InChI is InChI=1S/C29H35NO4/c1-29(2,28(33)21-31)18-20-30-19-8-12-26(30)27(32)13-7-6-9-23-14-16-25(17-15-23)34-22-24-10-4-3-5-11-24/h3-6,9-11,14-17,21,26H,7-8,12-13,18-20,22H2,1-2H3. The van der Waals surface area contributed by atoms with E-state index < -0.39 is 5.41 Å². The van der Waals surface area contributed by atoms with Gasteiger partial charge in [-0.15, -0.1) is 0 Å². The largest absolute Gasteiger partial charge is 0.489 e. The lowest BCUT2D eigenvalue weighted by molar-refractivity contribution is -0.136. The summed E-state index contributed by atoms with van der Waals surface area (Å²) in [6, 6.07) is 17.9. The lowest BCUT2D eigenvalue weighted by atomic mass is 9.85. The van der Waals surface area contributed by atoms with Gasteiger partial charge in [-0.1, -0.05) is 68.5 Å². The zero-order chi connectivity index (χ0) is 24.4. The molecule has 1 aliphatic rings. The van der Waals surface area contributed by atoms with Crippen molar-refractivity contribution in [2.75, 3.05) is 13.1 Å². The first-order valence-electron chi connectivity index (χ1n) is 12.1. The Labute approximate surface area is 202 Å². The molecule has 0 saturated carbocycles. The van der Waals surface area contributed by atoms with E-state index in [1.807, 2.05) is 66.7 Å².